The fourth-order valence-corrected chi connectivity index (χ4v) is 4.20. The van der Waals surface area contributed by atoms with Gasteiger partial charge >= 0.3 is 0 Å². The van der Waals surface area contributed by atoms with E-state index in [0.717, 1.165) is 35.6 Å². The highest BCUT2D eigenvalue weighted by atomic mass is 15.2. The van der Waals surface area contributed by atoms with E-state index in [1.165, 1.54) is 16.8 Å². The fraction of sp³-hybridized carbons (Fsp3) is 0.0645. The summed E-state index contributed by atoms with van der Waals surface area (Å²) in [6.45, 7) is 0. The van der Waals surface area contributed by atoms with Gasteiger partial charge < -0.3 is 10.2 Å². The summed E-state index contributed by atoms with van der Waals surface area (Å²) in [6, 6.07) is 41.5. The van der Waals surface area contributed by atoms with Gasteiger partial charge in [-0.2, -0.15) is 0 Å². The normalized spacial score (nSPS) is 14.6. The van der Waals surface area contributed by atoms with Crippen LogP contribution in [0, 0.1) is 0 Å². The molecule has 0 bridgehead atoms. The van der Waals surface area contributed by atoms with Gasteiger partial charge in [0.25, 0.3) is 0 Å². The van der Waals surface area contributed by atoms with E-state index >= 15 is 0 Å². The molecular formula is C31H27N3. The minimum Gasteiger partial charge on any atom is -0.361 e. The average molecular weight is 442 g/mol. The van der Waals surface area contributed by atoms with Crippen molar-refractivity contribution >= 4 is 29.0 Å². The number of nitrogens with zero attached hydrogens (tertiary/aromatic N) is 2. The van der Waals surface area contributed by atoms with Crippen LogP contribution < -0.4 is 10.2 Å². The summed E-state index contributed by atoms with van der Waals surface area (Å²) in [5.74, 6) is 0. The van der Waals surface area contributed by atoms with Crippen molar-refractivity contribution in [1.29, 1.82) is 0 Å². The van der Waals surface area contributed by atoms with Crippen LogP contribution in [0.5, 0.6) is 0 Å². The minimum absolute atomic E-state index is 0.935. The maximum absolute atomic E-state index is 4.80. The Balaban J connectivity index is 1.62. The second-order valence-electron chi connectivity index (χ2n) is 8.15. The summed E-state index contributed by atoms with van der Waals surface area (Å²) < 4.78 is 0. The smallest absolute Gasteiger partial charge is 0.0629 e. The zero-order valence-corrected chi connectivity index (χ0v) is 19.0. The molecule has 0 spiro atoms. The van der Waals surface area contributed by atoms with E-state index in [1.54, 1.807) is 0 Å². The Hall–Kier alpha value is -4.37. The molecule has 3 nitrogen and oxygen atoms in total. The Morgan fingerprint density at radius 2 is 1.15 bits per heavy atom. The van der Waals surface area contributed by atoms with E-state index in [-0.39, 0.29) is 0 Å². The van der Waals surface area contributed by atoms with Crippen molar-refractivity contribution in [2.45, 2.75) is 12.8 Å². The number of hydrogen-bond acceptors (Lipinski definition) is 3. The molecule has 0 amide bonds. The molecule has 0 atom stereocenters. The third-order valence-corrected chi connectivity index (χ3v) is 5.84. The van der Waals surface area contributed by atoms with Crippen LogP contribution >= 0.6 is 0 Å². The quantitative estimate of drug-likeness (QED) is 0.292. The monoisotopic (exact) mass is 441 g/mol. The van der Waals surface area contributed by atoms with Crippen LogP contribution in [0.25, 0.3) is 0 Å². The summed E-state index contributed by atoms with van der Waals surface area (Å²) in [5, 5.41) is 3.50. The molecule has 0 saturated carbocycles. The van der Waals surface area contributed by atoms with Gasteiger partial charge in [-0.1, -0.05) is 72.8 Å². The van der Waals surface area contributed by atoms with E-state index < -0.39 is 0 Å². The van der Waals surface area contributed by atoms with Gasteiger partial charge in [-0.15, -0.1) is 0 Å². The lowest BCUT2D eigenvalue weighted by molar-refractivity contribution is 1.03. The topological polar surface area (TPSA) is 27.6 Å². The molecule has 3 heteroatoms. The van der Waals surface area contributed by atoms with Crippen LogP contribution in [0.3, 0.4) is 0 Å². The van der Waals surface area contributed by atoms with Gasteiger partial charge in [0.15, 0.2) is 0 Å². The number of rotatable bonds is 7. The average Bonchev–Trinajstić information content (AvgIpc) is 3.31. The van der Waals surface area contributed by atoms with Gasteiger partial charge in [-0.25, -0.2) is 0 Å². The number of nitrogens with one attached hydrogen (secondary N) is 1. The van der Waals surface area contributed by atoms with Crippen molar-refractivity contribution in [2.75, 3.05) is 10.2 Å². The molecule has 5 rings (SSSR count). The van der Waals surface area contributed by atoms with E-state index in [1.807, 2.05) is 54.7 Å². The maximum atomic E-state index is 4.80. The van der Waals surface area contributed by atoms with Gasteiger partial charge in [0.1, 0.15) is 0 Å². The van der Waals surface area contributed by atoms with Crippen molar-refractivity contribution in [2.24, 2.45) is 4.99 Å². The van der Waals surface area contributed by atoms with Crippen LogP contribution in [-0.2, 0) is 0 Å². The molecule has 0 radical (unpaired) electrons. The molecule has 0 heterocycles. The van der Waals surface area contributed by atoms with Crippen molar-refractivity contribution in [3.63, 3.8) is 0 Å². The highest BCUT2D eigenvalue weighted by Crippen LogP contribution is 2.40. The predicted octanol–water partition coefficient (Wildman–Crippen LogP) is 8.27. The van der Waals surface area contributed by atoms with Crippen LogP contribution in [0.1, 0.15) is 12.8 Å². The van der Waals surface area contributed by atoms with Gasteiger partial charge in [0, 0.05) is 29.5 Å². The Labute approximate surface area is 201 Å². The second kappa shape index (κ2) is 10.5. The van der Waals surface area contributed by atoms with Crippen LogP contribution in [0.2, 0.25) is 0 Å². The first-order valence-corrected chi connectivity index (χ1v) is 11.6. The Morgan fingerprint density at radius 3 is 1.74 bits per heavy atom. The molecule has 1 N–H and O–H groups in total. The number of allylic oxidation sites excluding steroid dienone is 2. The lowest BCUT2D eigenvalue weighted by Gasteiger charge is -2.28. The molecule has 1 aliphatic carbocycles. The number of benzene rings is 4. The summed E-state index contributed by atoms with van der Waals surface area (Å²) >= 11 is 0. The van der Waals surface area contributed by atoms with Crippen molar-refractivity contribution in [3.05, 3.63) is 144 Å². The van der Waals surface area contributed by atoms with Crippen LogP contribution in [-0.4, -0.2) is 6.21 Å². The molecule has 0 unspecified atom stereocenters. The van der Waals surface area contributed by atoms with Gasteiger partial charge in [0.2, 0.25) is 0 Å². The molecule has 34 heavy (non-hydrogen) atoms. The first-order chi connectivity index (χ1) is 16.9. The highest BCUT2D eigenvalue weighted by Gasteiger charge is 2.26. The van der Waals surface area contributed by atoms with Crippen LogP contribution in [0.4, 0.5) is 22.7 Å². The molecule has 4 aromatic carbocycles. The van der Waals surface area contributed by atoms with Gasteiger partial charge in [0.05, 0.1) is 11.4 Å². The maximum Gasteiger partial charge on any atom is 0.0629 e. The minimum atomic E-state index is 0.935. The third-order valence-electron chi connectivity index (χ3n) is 5.84. The largest absolute Gasteiger partial charge is 0.361 e. The van der Waals surface area contributed by atoms with E-state index in [9.17, 15) is 0 Å². The number of aliphatic imine (C=N–C) groups is 1. The molecule has 0 saturated heterocycles. The molecule has 1 aliphatic rings. The van der Waals surface area contributed by atoms with Crippen molar-refractivity contribution < 1.29 is 0 Å². The summed E-state index contributed by atoms with van der Waals surface area (Å²) in [7, 11) is 0. The van der Waals surface area contributed by atoms with E-state index in [2.05, 4.69) is 89.2 Å². The van der Waals surface area contributed by atoms with E-state index in [0.29, 0.717) is 0 Å². The predicted molar refractivity (Wildman–Crippen MR) is 144 cm³/mol. The third kappa shape index (κ3) is 5.00. The van der Waals surface area contributed by atoms with Crippen LogP contribution in [0.15, 0.2) is 149 Å². The van der Waals surface area contributed by atoms with Crippen molar-refractivity contribution in [3.8, 4) is 0 Å². The summed E-state index contributed by atoms with van der Waals surface area (Å²) in [6.07, 6.45) is 6.06. The molecule has 0 aliphatic heterocycles. The number of para-hydroxylation sites is 4. The SMILES string of the molecule is C(=Nc1ccccc1)C1=C(N(c2ccccc2)c2ccccc2)/C(=C/Nc2ccccc2)CC1. The summed E-state index contributed by atoms with van der Waals surface area (Å²) in [5.41, 5.74) is 7.94. The standard InChI is InChI=1S/C31H27N3/c1-5-13-27(14-6-1)32-23-25-21-22-26(24-33-28-15-7-2-8-16-28)31(25)34(29-17-9-3-10-18-29)30-19-11-4-12-20-30/h1-20,23-24,32H,21-22H2/b25-23+,33-24?. The van der Waals surface area contributed by atoms with Gasteiger partial charge in [-0.05, 0) is 72.5 Å². The lowest BCUT2D eigenvalue weighted by atomic mass is 10.1. The van der Waals surface area contributed by atoms with Crippen molar-refractivity contribution in [1.82, 2.24) is 0 Å². The number of anilines is 3. The molecule has 4 aromatic rings. The Bertz CT molecular complexity index is 1250. The van der Waals surface area contributed by atoms with Gasteiger partial charge in [-0.3, -0.25) is 4.99 Å². The fourth-order valence-electron chi connectivity index (χ4n) is 4.20. The summed E-state index contributed by atoms with van der Waals surface area (Å²) in [4.78, 5) is 7.15. The second-order valence-corrected chi connectivity index (χ2v) is 8.15. The molecule has 166 valence electrons. The first kappa shape index (κ1) is 21.5. The number of hydrogen-bond donors (Lipinski definition) is 1. The Morgan fingerprint density at radius 1 is 0.618 bits per heavy atom. The highest BCUT2D eigenvalue weighted by molar-refractivity contribution is 5.88. The Kier molecular flexibility index (Phi) is 6.63. The zero-order chi connectivity index (χ0) is 23.0. The zero-order valence-electron chi connectivity index (χ0n) is 19.0. The molecule has 0 aromatic heterocycles. The molecule has 0 fully saturated rings. The first-order valence-electron chi connectivity index (χ1n) is 11.6. The molecular weight excluding hydrogens is 414 g/mol. The lowest BCUT2D eigenvalue weighted by Crippen LogP contribution is -2.18. The van der Waals surface area contributed by atoms with E-state index in [4.69, 9.17) is 4.99 Å².